The van der Waals surface area contributed by atoms with Crippen LogP contribution in [-0.4, -0.2) is 59.0 Å². The molecule has 0 heterocycles. The van der Waals surface area contributed by atoms with Crippen LogP contribution in [0.2, 0.25) is 0 Å². The first-order chi connectivity index (χ1) is 17.0. The molecule has 2 aromatic carbocycles. The monoisotopic (exact) mass is 498 g/mol. The predicted octanol–water partition coefficient (Wildman–Crippen LogP) is 3.22. The molecule has 192 valence electrons. The molecule has 5 N–H and O–H groups in total. The average molecular weight is 499 g/mol. The number of guanidine groups is 1. The molecule has 0 saturated carbocycles. The highest BCUT2D eigenvalue weighted by atomic mass is 16.6. The molecule has 36 heavy (non-hydrogen) atoms. The number of carboxylic acids is 1. The van der Waals surface area contributed by atoms with Crippen molar-refractivity contribution in [3.8, 4) is 11.1 Å². The SMILES string of the molecule is CC(C)(C)OC(=O)N(C(=O)OCC1c2ccccc2-c2ccccc21)[C@@H](CCON=C(N)N)C(=O)O. The zero-order valence-electron chi connectivity index (χ0n) is 20.3. The van der Waals surface area contributed by atoms with Crippen LogP contribution in [0.3, 0.4) is 0 Å². The highest BCUT2D eigenvalue weighted by Crippen LogP contribution is 2.44. The van der Waals surface area contributed by atoms with E-state index in [1.807, 2.05) is 48.5 Å². The van der Waals surface area contributed by atoms with Crippen LogP contribution in [0.1, 0.15) is 44.2 Å². The number of fused-ring (bicyclic) bond motifs is 3. The maximum atomic E-state index is 13.2. The molecule has 2 amide bonds. The fourth-order valence-electron chi connectivity index (χ4n) is 3.95. The van der Waals surface area contributed by atoms with Crippen molar-refractivity contribution >= 4 is 24.1 Å². The molecule has 0 unspecified atom stereocenters. The largest absolute Gasteiger partial charge is 0.480 e. The summed E-state index contributed by atoms with van der Waals surface area (Å²) in [7, 11) is 0. The first-order valence-corrected chi connectivity index (χ1v) is 11.3. The lowest BCUT2D eigenvalue weighted by molar-refractivity contribution is -0.143. The van der Waals surface area contributed by atoms with Gasteiger partial charge < -0.3 is 30.9 Å². The van der Waals surface area contributed by atoms with Crippen molar-refractivity contribution in [1.29, 1.82) is 0 Å². The number of ether oxygens (including phenoxy) is 2. The van der Waals surface area contributed by atoms with Gasteiger partial charge >= 0.3 is 18.2 Å². The number of imide groups is 1. The molecule has 0 bridgehead atoms. The molecule has 0 aliphatic heterocycles. The zero-order valence-corrected chi connectivity index (χ0v) is 20.3. The Bertz CT molecular complexity index is 1110. The van der Waals surface area contributed by atoms with Crippen LogP contribution in [0, 0.1) is 0 Å². The van der Waals surface area contributed by atoms with Crippen molar-refractivity contribution < 1.29 is 33.8 Å². The molecule has 2 aromatic rings. The van der Waals surface area contributed by atoms with Crippen LogP contribution in [-0.2, 0) is 19.1 Å². The van der Waals surface area contributed by atoms with Crippen molar-refractivity contribution in [3.05, 3.63) is 59.7 Å². The molecule has 1 atom stereocenters. The van der Waals surface area contributed by atoms with Gasteiger partial charge in [-0.25, -0.2) is 14.4 Å². The lowest BCUT2D eigenvalue weighted by Gasteiger charge is -2.29. The zero-order chi connectivity index (χ0) is 26.5. The van der Waals surface area contributed by atoms with Crippen molar-refractivity contribution in [2.45, 2.75) is 44.8 Å². The summed E-state index contributed by atoms with van der Waals surface area (Å²) < 4.78 is 10.8. The third-order valence-corrected chi connectivity index (χ3v) is 5.37. The number of nitrogens with two attached hydrogens (primary N) is 2. The molecule has 11 heteroatoms. The minimum Gasteiger partial charge on any atom is -0.480 e. The number of hydrogen-bond donors (Lipinski definition) is 3. The van der Waals surface area contributed by atoms with E-state index in [0.29, 0.717) is 4.90 Å². The number of hydrogen-bond acceptors (Lipinski definition) is 7. The number of carbonyl (C=O) groups excluding carboxylic acids is 2. The van der Waals surface area contributed by atoms with E-state index in [0.717, 1.165) is 22.3 Å². The molecule has 0 spiro atoms. The Hall–Kier alpha value is -4.28. The summed E-state index contributed by atoms with van der Waals surface area (Å²) >= 11 is 0. The normalized spacial score (nSPS) is 13.1. The number of carboxylic acid groups (broad SMARTS) is 1. The van der Waals surface area contributed by atoms with E-state index in [2.05, 4.69) is 5.16 Å². The van der Waals surface area contributed by atoms with E-state index in [1.165, 1.54) is 0 Å². The van der Waals surface area contributed by atoms with E-state index in [1.54, 1.807) is 20.8 Å². The Kier molecular flexibility index (Phi) is 8.03. The number of oxime groups is 1. The van der Waals surface area contributed by atoms with Gasteiger partial charge in [-0.05, 0) is 48.2 Å². The van der Waals surface area contributed by atoms with Gasteiger partial charge in [0.25, 0.3) is 0 Å². The summed E-state index contributed by atoms with van der Waals surface area (Å²) in [6, 6.07) is 13.9. The Labute approximate surface area is 208 Å². The Morgan fingerprint density at radius 1 is 1.00 bits per heavy atom. The molecule has 0 saturated heterocycles. The molecule has 3 rings (SSSR count). The van der Waals surface area contributed by atoms with Gasteiger partial charge in [0.15, 0.2) is 0 Å². The van der Waals surface area contributed by atoms with E-state index in [9.17, 15) is 19.5 Å². The van der Waals surface area contributed by atoms with Gasteiger partial charge in [0.1, 0.15) is 24.9 Å². The van der Waals surface area contributed by atoms with Gasteiger partial charge in [-0.1, -0.05) is 48.5 Å². The van der Waals surface area contributed by atoms with E-state index >= 15 is 0 Å². The third kappa shape index (κ3) is 6.23. The van der Waals surface area contributed by atoms with Gasteiger partial charge in [-0.15, -0.1) is 0 Å². The number of rotatable bonds is 8. The maximum Gasteiger partial charge on any atom is 0.420 e. The molecule has 0 fully saturated rings. The van der Waals surface area contributed by atoms with Crippen molar-refractivity contribution in [2.75, 3.05) is 13.2 Å². The van der Waals surface area contributed by atoms with Crippen LogP contribution in [0.4, 0.5) is 9.59 Å². The van der Waals surface area contributed by atoms with Gasteiger partial charge in [0.2, 0.25) is 5.96 Å². The quantitative estimate of drug-likeness (QED) is 0.214. The summed E-state index contributed by atoms with van der Waals surface area (Å²) in [6.45, 7) is 4.39. The van der Waals surface area contributed by atoms with Gasteiger partial charge in [-0.3, -0.25) is 0 Å². The Morgan fingerprint density at radius 2 is 1.56 bits per heavy atom. The third-order valence-electron chi connectivity index (χ3n) is 5.37. The van der Waals surface area contributed by atoms with Crippen molar-refractivity contribution in [2.24, 2.45) is 16.6 Å². The molecule has 1 aliphatic carbocycles. The fourth-order valence-corrected chi connectivity index (χ4v) is 3.95. The summed E-state index contributed by atoms with van der Waals surface area (Å²) in [5.41, 5.74) is 13.4. The van der Waals surface area contributed by atoms with Crippen molar-refractivity contribution in [1.82, 2.24) is 4.90 Å². The second-order valence-electron chi connectivity index (χ2n) is 9.15. The summed E-state index contributed by atoms with van der Waals surface area (Å²) in [4.78, 5) is 43.4. The maximum absolute atomic E-state index is 13.2. The predicted molar refractivity (Wildman–Crippen MR) is 131 cm³/mol. The Balaban J connectivity index is 1.83. The number of carbonyl (C=O) groups is 3. The lowest BCUT2D eigenvalue weighted by Crippen LogP contribution is -2.51. The minimum atomic E-state index is -1.65. The van der Waals surface area contributed by atoms with Gasteiger partial charge in [-0.2, -0.15) is 4.90 Å². The van der Waals surface area contributed by atoms with Gasteiger partial charge in [0.05, 0.1) is 0 Å². The number of nitrogens with zero attached hydrogens (tertiary/aromatic N) is 2. The first-order valence-electron chi connectivity index (χ1n) is 11.3. The summed E-state index contributed by atoms with van der Waals surface area (Å²) in [6.07, 6.45) is -2.62. The smallest absolute Gasteiger partial charge is 0.420 e. The van der Waals surface area contributed by atoms with Crippen molar-refractivity contribution in [3.63, 3.8) is 0 Å². The van der Waals surface area contributed by atoms with Crippen LogP contribution in [0.25, 0.3) is 11.1 Å². The van der Waals surface area contributed by atoms with Crippen LogP contribution in [0.5, 0.6) is 0 Å². The fraction of sp³-hybridized carbons (Fsp3) is 0.360. The highest BCUT2D eigenvalue weighted by molar-refractivity contribution is 5.93. The van der Waals surface area contributed by atoms with Crippen LogP contribution in [0.15, 0.2) is 53.7 Å². The number of aliphatic carboxylic acids is 1. The highest BCUT2D eigenvalue weighted by Gasteiger charge is 2.40. The standard InChI is InChI=1S/C25H30N4O7/c1-25(2,3)36-24(33)29(20(21(30)31)12-13-35-28-22(26)27)23(32)34-14-19-17-10-6-4-8-15(17)16-9-5-7-11-18(16)19/h4-11,19-20H,12-14H2,1-3H3,(H,30,31)(H4,26,27,28)/t20-/m0/s1. The average Bonchev–Trinajstić information content (AvgIpc) is 3.11. The van der Waals surface area contributed by atoms with E-state index in [4.69, 9.17) is 25.8 Å². The summed E-state index contributed by atoms with van der Waals surface area (Å²) in [5.74, 6) is -2.10. The van der Waals surface area contributed by atoms with E-state index in [-0.39, 0.29) is 31.5 Å². The molecule has 0 aromatic heterocycles. The second kappa shape index (κ2) is 11.0. The van der Waals surface area contributed by atoms with Crippen LogP contribution < -0.4 is 11.5 Å². The summed E-state index contributed by atoms with van der Waals surface area (Å²) in [5, 5.41) is 13.1. The lowest BCUT2D eigenvalue weighted by atomic mass is 9.98. The Morgan fingerprint density at radius 3 is 2.06 bits per heavy atom. The molecular formula is C25H30N4O7. The van der Waals surface area contributed by atoms with Gasteiger partial charge in [0, 0.05) is 12.3 Å². The molecular weight excluding hydrogens is 468 g/mol. The van der Waals surface area contributed by atoms with E-state index < -0.39 is 29.8 Å². The van der Waals surface area contributed by atoms with Crippen LogP contribution >= 0.6 is 0 Å². The first kappa shape index (κ1) is 26.3. The second-order valence-corrected chi connectivity index (χ2v) is 9.15. The topological polar surface area (TPSA) is 167 Å². The number of amides is 2. The minimum absolute atomic E-state index is 0.108. The molecule has 0 radical (unpaired) electrons. The molecule has 1 aliphatic rings. The molecule has 11 nitrogen and oxygen atoms in total. The number of benzene rings is 2.